The summed E-state index contributed by atoms with van der Waals surface area (Å²) in [7, 11) is 2.92. The Morgan fingerprint density at radius 1 is 1.34 bits per heavy atom. The van der Waals surface area contributed by atoms with E-state index in [-0.39, 0.29) is 23.1 Å². The van der Waals surface area contributed by atoms with Gasteiger partial charge in [0.05, 0.1) is 23.9 Å². The Hall–Kier alpha value is -3.01. The number of H-pyrrole nitrogens is 1. The molecular formula is C19H23N5O4S. The first-order valence-electron chi connectivity index (χ1n) is 9.02. The number of Topliss-reactive ketones (excluding diaryl/α,β-unsaturated/α-hetero) is 1. The number of ether oxygens (including phenoxy) is 1. The number of thioether (sulfide) groups is 1. The number of fused-ring (bicyclic) bond motifs is 1. The SMILES string of the molecule is COc1ccc2nc(SCC(=O)c3c(N)n(CC(C)C)c(=O)n(C)c3=O)[nH]c2c1. The molecule has 1 aromatic carbocycles. The smallest absolute Gasteiger partial charge is 0.332 e. The van der Waals surface area contributed by atoms with Gasteiger partial charge in [-0.3, -0.25) is 18.7 Å². The number of carbonyl (C=O) groups excluding carboxylic acids is 1. The van der Waals surface area contributed by atoms with E-state index in [1.54, 1.807) is 13.2 Å². The summed E-state index contributed by atoms with van der Waals surface area (Å²) in [6.07, 6.45) is 0. The third-order valence-electron chi connectivity index (χ3n) is 4.42. The van der Waals surface area contributed by atoms with Gasteiger partial charge >= 0.3 is 5.69 Å². The number of benzene rings is 1. The van der Waals surface area contributed by atoms with E-state index in [1.165, 1.54) is 11.6 Å². The van der Waals surface area contributed by atoms with Crippen LogP contribution in [-0.4, -0.2) is 37.7 Å². The number of hydrogen-bond donors (Lipinski definition) is 2. The lowest BCUT2D eigenvalue weighted by molar-refractivity contribution is 0.102. The van der Waals surface area contributed by atoms with Crippen molar-refractivity contribution in [1.29, 1.82) is 0 Å². The summed E-state index contributed by atoms with van der Waals surface area (Å²) in [5.74, 6) is 0.223. The van der Waals surface area contributed by atoms with Crippen molar-refractivity contribution in [1.82, 2.24) is 19.1 Å². The van der Waals surface area contributed by atoms with Crippen molar-refractivity contribution < 1.29 is 9.53 Å². The van der Waals surface area contributed by atoms with E-state index in [9.17, 15) is 14.4 Å². The number of aromatic nitrogens is 4. The van der Waals surface area contributed by atoms with E-state index in [0.717, 1.165) is 27.4 Å². The monoisotopic (exact) mass is 417 g/mol. The van der Waals surface area contributed by atoms with Gasteiger partial charge in [0.15, 0.2) is 10.9 Å². The average molecular weight is 417 g/mol. The minimum Gasteiger partial charge on any atom is -0.497 e. The van der Waals surface area contributed by atoms with Gasteiger partial charge < -0.3 is 15.5 Å². The molecule has 0 amide bonds. The van der Waals surface area contributed by atoms with Crippen LogP contribution in [-0.2, 0) is 13.6 Å². The average Bonchev–Trinajstić information content (AvgIpc) is 3.10. The van der Waals surface area contributed by atoms with E-state index in [2.05, 4.69) is 9.97 Å². The molecule has 3 N–H and O–H groups in total. The first-order valence-corrected chi connectivity index (χ1v) is 10.0. The maximum Gasteiger partial charge on any atom is 0.332 e. The highest BCUT2D eigenvalue weighted by molar-refractivity contribution is 7.99. The lowest BCUT2D eigenvalue weighted by Crippen LogP contribution is -2.43. The number of nitrogens with one attached hydrogen (secondary N) is 1. The maximum atomic E-state index is 12.8. The van der Waals surface area contributed by atoms with E-state index < -0.39 is 17.0 Å². The van der Waals surface area contributed by atoms with Gasteiger partial charge in [0, 0.05) is 19.7 Å². The van der Waals surface area contributed by atoms with E-state index >= 15 is 0 Å². The number of nitrogens with two attached hydrogens (primary N) is 1. The van der Waals surface area contributed by atoms with Crippen LogP contribution < -0.4 is 21.7 Å². The summed E-state index contributed by atoms with van der Waals surface area (Å²) in [5, 5.41) is 0.535. The lowest BCUT2D eigenvalue weighted by Gasteiger charge is -2.15. The van der Waals surface area contributed by atoms with Crippen molar-refractivity contribution in [2.75, 3.05) is 18.6 Å². The lowest BCUT2D eigenvalue weighted by atomic mass is 10.2. The first kappa shape index (κ1) is 20.7. The van der Waals surface area contributed by atoms with E-state index in [0.29, 0.717) is 17.5 Å². The van der Waals surface area contributed by atoms with Crippen LogP contribution in [0.5, 0.6) is 5.75 Å². The van der Waals surface area contributed by atoms with Crippen LogP contribution in [0.25, 0.3) is 11.0 Å². The highest BCUT2D eigenvalue weighted by atomic mass is 32.2. The van der Waals surface area contributed by atoms with E-state index in [4.69, 9.17) is 10.5 Å². The number of nitrogen functional groups attached to an aromatic ring is 1. The number of hydrogen-bond acceptors (Lipinski definition) is 7. The van der Waals surface area contributed by atoms with Gasteiger partial charge in [-0.25, -0.2) is 9.78 Å². The zero-order chi connectivity index (χ0) is 21.3. The molecule has 0 aliphatic heterocycles. The third kappa shape index (κ3) is 4.07. The number of rotatable bonds is 7. The number of carbonyl (C=O) groups is 1. The summed E-state index contributed by atoms with van der Waals surface area (Å²) >= 11 is 1.16. The second-order valence-corrected chi connectivity index (χ2v) is 8.01. The minimum atomic E-state index is -0.688. The second-order valence-electron chi connectivity index (χ2n) is 7.05. The summed E-state index contributed by atoms with van der Waals surface area (Å²) in [6.45, 7) is 4.16. The molecule has 0 aliphatic carbocycles. The van der Waals surface area contributed by atoms with Crippen LogP contribution in [0.3, 0.4) is 0 Å². The molecule has 2 aromatic heterocycles. The van der Waals surface area contributed by atoms with Crippen molar-refractivity contribution in [3.05, 3.63) is 44.6 Å². The summed E-state index contributed by atoms with van der Waals surface area (Å²) in [4.78, 5) is 45.2. The third-order valence-corrected chi connectivity index (χ3v) is 5.29. The molecule has 9 nitrogen and oxygen atoms in total. The largest absolute Gasteiger partial charge is 0.497 e. The molecule has 3 rings (SSSR count). The Labute approximate surface area is 170 Å². The van der Waals surface area contributed by atoms with Crippen LogP contribution in [0.1, 0.15) is 24.2 Å². The quantitative estimate of drug-likeness (QED) is 0.442. The zero-order valence-corrected chi connectivity index (χ0v) is 17.5. The van der Waals surface area contributed by atoms with Gasteiger partial charge in [-0.1, -0.05) is 25.6 Å². The molecule has 0 bridgehead atoms. The van der Waals surface area contributed by atoms with Crippen LogP contribution in [0, 0.1) is 5.92 Å². The molecule has 0 saturated heterocycles. The number of aromatic amines is 1. The molecule has 0 radical (unpaired) electrons. The highest BCUT2D eigenvalue weighted by Gasteiger charge is 2.22. The summed E-state index contributed by atoms with van der Waals surface area (Å²) in [6, 6.07) is 5.42. The van der Waals surface area contributed by atoms with Gasteiger partial charge in [-0.05, 0) is 18.1 Å². The number of nitrogens with zero attached hydrogens (tertiary/aromatic N) is 3. The Morgan fingerprint density at radius 2 is 2.07 bits per heavy atom. The number of ketones is 1. The molecule has 0 fully saturated rings. The molecule has 0 aliphatic rings. The molecule has 3 aromatic rings. The van der Waals surface area contributed by atoms with Crippen molar-refractivity contribution in [2.45, 2.75) is 25.5 Å². The molecule has 0 atom stereocenters. The molecule has 0 spiro atoms. The molecule has 10 heteroatoms. The van der Waals surface area contributed by atoms with Gasteiger partial charge in [-0.2, -0.15) is 0 Å². The standard InChI is InChI=1S/C19H23N5O4S/c1-10(2)8-24-16(20)15(17(26)23(3)19(24)27)14(25)9-29-18-21-12-6-5-11(28-4)7-13(12)22-18/h5-7,10H,8-9,20H2,1-4H3,(H,21,22). The fraction of sp³-hybridized carbons (Fsp3) is 0.368. The normalized spacial score (nSPS) is 11.3. The van der Waals surface area contributed by atoms with Gasteiger partial charge in [0.2, 0.25) is 0 Å². The van der Waals surface area contributed by atoms with Crippen LogP contribution in [0.2, 0.25) is 0 Å². The molecule has 0 saturated carbocycles. The maximum absolute atomic E-state index is 12.8. The van der Waals surface area contributed by atoms with Gasteiger partial charge in [0.25, 0.3) is 5.56 Å². The van der Waals surface area contributed by atoms with Crippen molar-refractivity contribution in [3.63, 3.8) is 0 Å². The Kier molecular flexibility index (Phi) is 5.83. The number of imidazole rings is 1. The van der Waals surface area contributed by atoms with Crippen molar-refractivity contribution in [2.24, 2.45) is 13.0 Å². The molecule has 29 heavy (non-hydrogen) atoms. The summed E-state index contributed by atoms with van der Waals surface area (Å²) < 4.78 is 7.38. The van der Waals surface area contributed by atoms with Crippen LogP contribution >= 0.6 is 11.8 Å². The molecule has 2 heterocycles. The first-order chi connectivity index (χ1) is 13.7. The molecule has 154 valence electrons. The van der Waals surface area contributed by atoms with Gasteiger partial charge in [0.1, 0.15) is 17.1 Å². The van der Waals surface area contributed by atoms with Crippen LogP contribution in [0.4, 0.5) is 5.82 Å². The minimum absolute atomic E-state index is 0.0454. The Balaban J connectivity index is 1.88. The molecule has 0 unspecified atom stereocenters. The summed E-state index contributed by atoms with van der Waals surface area (Å²) in [5.41, 5.74) is 6.18. The fourth-order valence-electron chi connectivity index (χ4n) is 2.95. The predicted molar refractivity (Wildman–Crippen MR) is 113 cm³/mol. The second kappa shape index (κ2) is 8.16. The van der Waals surface area contributed by atoms with Crippen LogP contribution in [0.15, 0.2) is 32.9 Å². The van der Waals surface area contributed by atoms with Crippen molar-refractivity contribution in [3.8, 4) is 5.75 Å². The Bertz CT molecular complexity index is 1190. The zero-order valence-electron chi connectivity index (χ0n) is 16.7. The molecular weight excluding hydrogens is 394 g/mol. The Morgan fingerprint density at radius 3 is 2.72 bits per heavy atom. The number of methoxy groups -OCH3 is 1. The topological polar surface area (TPSA) is 125 Å². The fourth-order valence-corrected chi connectivity index (χ4v) is 3.71. The predicted octanol–water partition coefficient (Wildman–Crippen LogP) is 1.65. The van der Waals surface area contributed by atoms with Crippen molar-refractivity contribution >= 4 is 34.4 Å². The number of anilines is 1. The highest BCUT2D eigenvalue weighted by Crippen LogP contribution is 2.24. The van der Waals surface area contributed by atoms with E-state index in [1.807, 2.05) is 26.0 Å². The van der Waals surface area contributed by atoms with Gasteiger partial charge in [-0.15, -0.1) is 0 Å².